The fraction of sp³-hybridized carbons (Fsp3) is 0.435. The number of methoxy groups -OCH3 is 2. The lowest BCUT2D eigenvalue weighted by Crippen LogP contribution is -2.17. The molecule has 0 atom stereocenters. The molecule has 9 nitrogen and oxygen atoms in total. The number of rotatable bonds is 9. The second kappa shape index (κ2) is 11.6. The number of hydrogen-bond acceptors (Lipinski definition) is 8. The average molecular weight is 473 g/mol. The van der Waals surface area contributed by atoms with Crippen LogP contribution in [0.15, 0.2) is 36.0 Å². The van der Waals surface area contributed by atoms with Gasteiger partial charge >= 0.3 is 11.9 Å². The zero-order valence-electron chi connectivity index (χ0n) is 18.8. The Kier molecular flexibility index (Phi) is 8.65. The number of allylic oxidation sites excluding steroid dienone is 1. The van der Waals surface area contributed by atoms with E-state index < -0.39 is 11.9 Å². The van der Waals surface area contributed by atoms with Crippen LogP contribution >= 0.6 is 11.8 Å². The van der Waals surface area contributed by atoms with Crippen LogP contribution in [-0.2, 0) is 20.8 Å². The van der Waals surface area contributed by atoms with Gasteiger partial charge in [0, 0.05) is 18.2 Å². The van der Waals surface area contributed by atoms with Crippen molar-refractivity contribution in [3.8, 4) is 0 Å². The van der Waals surface area contributed by atoms with Gasteiger partial charge in [0.2, 0.25) is 5.91 Å². The topological polar surface area (TPSA) is 112 Å². The molecule has 1 heterocycles. The number of nitrogens with one attached hydrogen (secondary N) is 1. The summed E-state index contributed by atoms with van der Waals surface area (Å²) in [5.41, 5.74) is 0.553. The van der Waals surface area contributed by atoms with Crippen molar-refractivity contribution in [2.75, 3.05) is 25.3 Å². The zero-order chi connectivity index (χ0) is 23.8. The van der Waals surface area contributed by atoms with Crippen molar-refractivity contribution in [3.63, 3.8) is 0 Å². The normalized spacial score (nSPS) is 13.9. The van der Waals surface area contributed by atoms with E-state index in [4.69, 9.17) is 9.47 Å². The summed E-state index contributed by atoms with van der Waals surface area (Å²) in [6.45, 7) is 4.41. The monoisotopic (exact) mass is 472 g/mol. The van der Waals surface area contributed by atoms with Crippen molar-refractivity contribution in [2.45, 2.75) is 49.7 Å². The van der Waals surface area contributed by atoms with Crippen LogP contribution in [0, 0.1) is 0 Å². The summed E-state index contributed by atoms with van der Waals surface area (Å²) in [4.78, 5) is 36.5. The highest BCUT2D eigenvalue weighted by molar-refractivity contribution is 7.99. The fourth-order valence-corrected chi connectivity index (χ4v) is 4.62. The maximum atomic E-state index is 12.6. The molecule has 1 aliphatic carbocycles. The molecule has 33 heavy (non-hydrogen) atoms. The molecule has 0 aliphatic heterocycles. The van der Waals surface area contributed by atoms with Gasteiger partial charge < -0.3 is 19.4 Å². The minimum atomic E-state index is -0.626. The Balaban J connectivity index is 1.71. The van der Waals surface area contributed by atoms with Gasteiger partial charge in [-0.25, -0.2) is 9.59 Å². The SMILES string of the molecule is C=CCn1c(SCC(=O)Nc2cc(C(=O)OC)cc(C(=O)OC)c2)nnc1C1CCCCC1. The molecule has 1 N–H and O–H groups in total. The number of nitrogens with zero attached hydrogens (tertiary/aromatic N) is 3. The largest absolute Gasteiger partial charge is 0.465 e. The van der Waals surface area contributed by atoms with E-state index in [2.05, 4.69) is 22.1 Å². The summed E-state index contributed by atoms with van der Waals surface area (Å²) in [5, 5.41) is 12.1. The van der Waals surface area contributed by atoms with Gasteiger partial charge in [0.1, 0.15) is 5.82 Å². The van der Waals surface area contributed by atoms with Crippen LogP contribution in [0.5, 0.6) is 0 Å². The van der Waals surface area contributed by atoms with E-state index in [-0.39, 0.29) is 22.8 Å². The summed E-state index contributed by atoms with van der Waals surface area (Å²) in [6.07, 6.45) is 7.62. The standard InChI is InChI=1S/C23H28N4O5S/c1-4-10-27-20(15-8-6-5-7-9-15)25-26-23(27)33-14-19(28)24-18-12-16(21(29)31-2)11-17(13-18)22(30)32-3/h4,11-13,15H,1,5-10,14H2,2-3H3,(H,24,28). The molecule has 1 amide bonds. The van der Waals surface area contributed by atoms with Gasteiger partial charge in [-0.1, -0.05) is 37.1 Å². The number of carbonyl (C=O) groups is 3. The van der Waals surface area contributed by atoms with Crippen LogP contribution in [0.1, 0.15) is 64.6 Å². The Hall–Kier alpha value is -3.14. The highest BCUT2D eigenvalue weighted by atomic mass is 32.2. The molecular formula is C23H28N4O5S. The lowest BCUT2D eigenvalue weighted by atomic mass is 9.89. The highest BCUT2D eigenvalue weighted by Crippen LogP contribution is 2.33. The van der Waals surface area contributed by atoms with Crippen molar-refractivity contribution >= 4 is 35.3 Å². The number of thioether (sulfide) groups is 1. The quantitative estimate of drug-likeness (QED) is 0.333. The lowest BCUT2D eigenvalue weighted by molar-refractivity contribution is -0.113. The van der Waals surface area contributed by atoms with Gasteiger partial charge in [-0.15, -0.1) is 16.8 Å². The summed E-state index contributed by atoms with van der Waals surface area (Å²) < 4.78 is 11.5. The fourth-order valence-electron chi connectivity index (χ4n) is 3.87. The average Bonchev–Trinajstić information content (AvgIpc) is 3.24. The third kappa shape index (κ3) is 6.22. The number of anilines is 1. The van der Waals surface area contributed by atoms with Gasteiger partial charge in [0.15, 0.2) is 5.16 Å². The molecule has 1 aromatic heterocycles. The van der Waals surface area contributed by atoms with E-state index >= 15 is 0 Å². The minimum Gasteiger partial charge on any atom is -0.465 e. The molecule has 0 bridgehead atoms. The lowest BCUT2D eigenvalue weighted by Gasteiger charge is -2.21. The van der Waals surface area contributed by atoms with Gasteiger partial charge in [0.25, 0.3) is 0 Å². The minimum absolute atomic E-state index is 0.0793. The van der Waals surface area contributed by atoms with Gasteiger partial charge in [0.05, 0.1) is 31.1 Å². The Morgan fingerprint density at radius 1 is 1.09 bits per heavy atom. The number of benzene rings is 1. The van der Waals surface area contributed by atoms with E-state index in [0.29, 0.717) is 23.3 Å². The number of ether oxygens (including phenoxy) is 2. The number of esters is 2. The third-order valence-electron chi connectivity index (χ3n) is 5.42. The van der Waals surface area contributed by atoms with Crippen molar-refractivity contribution in [1.82, 2.24) is 14.8 Å². The molecule has 3 rings (SSSR count). The predicted octanol–water partition coefficient (Wildman–Crippen LogP) is 3.82. The summed E-state index contributed by atoms with van der Waals surface area (Å²) in [6, 6.07) is 4.25. The first-order valence-electron chi connectivity index (χ1n) is 10.7. The molecule has 0 spiro atoms. The molecule has 10 heteroatoms. The van der Waals surface area contributed by atoms with Crippen molar-refractivity contribution in [2.24, 2.45) is 0 Å². The molecule has 176 valence electrons. The second-order valence-corrected chi connectivity index (χ2v) is 8.64. The van der Waals surface area contributed by atoms with E-state index in [0.717, 1.165) is 18.7 Å². The summed E-state index contributed by atoms with van der Waals surface area (Å²) >= 11 is 1.28. The Labute approximate surface area is 196 Å². The van der Waals surface area contributed by atoms with Gasteiger partial charge in [-0.05, 0) is 31.0 Å². The molecule has 1 aliphatic rings. The highest BCUT2D eigenvalue weighted by Gasteiger charge is 2.23. The number of hydrogen-bond donors (Lipinski definition) is 1. The maximum absolute atomic E-state index is 12.6. The molecular weight excluding hydrogens is 444 g/mol. The van der Waals surface area contributed by atoms with Crippen LogP contribution in [0.25, 0.3) is 0 Å². The summed E-state index contributed by atoms with van der Waals surface area (Å²) in [7, 11) is 2.48. The second-order valence-electron chi connectivity index (χ2n) is 7.69. The van der Waals surface area contributed by atoms with Crippen LogP contribution in [-0.4, -0.2) is 52.6 Å². The van der Waals surface area contributed by atoms with Gasteiger partial charge in [-0.2, -0.15) is 0 Å². The Morgan fingerprint density at radius 3 is 2.30 bits per heavy atom. The van der Waals surface area contributed by atoms with E-state index in [1.54, 1.807) is 6.08 Å². The first kappa shape index (κ1) is 24.5. The first-order chi connectivity index (χ1) is 16.0. The molecule has 1 aromatic carbocycles. The third-order valence-corrected chi connectivity index (χ3v) is 6.39. The van der Waals surface area contributed by atoms with Crippen LogP contribution in [0.2, 0.25) is 0 Å². The van der Waals surface area contributed by atoms with E-state index in [1.165, 1.54) is 63.4 Å². The number of carbonyl (C=O) groups excluding carboxylic acids is 3. The molecule has 0 saturated heterocycles. The smallest absolute Gasteiger partial charge is 0.337 e. The Bertz CT molecular complexity index is 996. The van der Waals surface area contributed by atoms with Crippen LogP contribution < -0.4 is 5.32 Å². The summed E-state index contributed by atoms with van der Waals surface area (Å²) in [5.74, 6) is -0.157. The van der Waals surface area contributed by atoms with E-state index in [9.17, 15) is 14.4 Å². The molecule has 2 aromatic rings. The van der Waals surface area contributed by atoms with Gasteiger partial charge in [-0.3, -0.25) is 4.79 Å². The molecule has 0 radical (unpaired) electrons. The number of aromatic nitrogens is 3. The first-order valence-corrected chi connectivity index (χ1v) is 11.7. The van der Waals surface area contributed by atoms with E-state index in [1.807, 2.05) is 4.57 Å². The molecule has 0 unspecified atom stereocenters. The Morgan fingerprint density at radius 2 is 1.73 bits per heavy atom. The predicted molar refractivity (Wildman–Crippen MR) is 125 cm³/mol. The zero-order valence-corrected chi connectivity index (χ0v) is 19.7. The van der Waals surface area contributed by atoms with Crippen LogP contribution in [0.4, 0.5) is 5.69 Å². The molecule has 1 saturated carbocycles. The van der Waals surface area contributed by atoms with Crippen molar-refractivity contribution in [3.05, 3.63) is 47.8 Å². The molecule has 1 fully saturated rings. The number of amides is 1. The van der Waals surface area contributed by atoms with Crippen LogP contribution in [0.3, 0.4) is 0 Å². The van der Waals surface area contributed by atoms with Crippen molar-refractivity contribution < 1.29 is 23.9 Å². The van der Waals surface area contributed by atoms with Crippen molar-refractivity contribution in [1.29, 1.82) is 0 Å². The maximum Gasteiger partial charge on any atom is 0.337 e.